The molecule has 0 aliphatic carbocycles. The summed E-state index contributed by atoms with van der Waals surface area (Å²) < 4.78 is 13.6. The zero-order chi connectivity index (χ0) is 25.2. The van der Waals surface area contributed by atoms with Gasteiger partial charge in [-0.15, -0.1) is 0 Å². The molecule has 0 bridgehead atoms. The third-order valence-electron chi connectivity index (χ3n) is 6.40. The first kappa shape index (κ1) is 23.7. The summed E-state index contributed by atoms with van der Waals surface area (Å²) in [6.07, 6.45) is 0. The highest BCUT2D eigenvalue weighted by atomic mass is 32.2. The SMILES string of the molecule is Cc1ccc(C)c(CN2C(=O)c3ccccc3[S@](=O)c3ccc(C(=O)NCc4ccccc4)cc32)c1. The van der Waals surface area contributed by atoms with Crippen LogP contribution in [-0.2, 0) is 23.9 Å². The van der Waals surface area contributed by atoms with Gasteiger partial charge in [0.1, 0.15) is 0 Å². The van der Waals surface area contributed by atoms with Gasteiger partial charge in [0.2, 0.25) is 0 Å². The molecule has 0 radical (unpaired) electrons. The number of amides is 2. The molecule has 0 unspecified atom stereocenters. The number of hydrogen-bond donors (Lipinski definition) is 1. The molecular formula is C30H26N2O3S. The predicted octanol–water partition coefficient (Wildman–Crippen LogP) is 5.56. The third kappa shape index (κ3) is 4.60. The number of benzene rings is 4. The molecule has 4 aromatic rings. The van der Waals surface area contributed by atoms with Crippen LogP contribution < -0.4 is 10.2 Å². The van der Waals surface area contributed by atoms with Crippen molar-refractivity contribution in [2.45, 2.75) is 36.7 Å². The van der Waals surface area contributed by atoms with E-state index in [1.54, 1.807) is 47.4 Å². The molecule has 1 atom stereocenters. The molecule has 0 aromatic heterocycles. The third-order valence-corrected chi connectivity index (χ3v) is 7.90. The van der Waals surface area contributed by atoms with Gasteiger partial charge in [0.25, 0.3) is 11.8 Å². The maximum atomic E-state index is 13.8. The van der Waals surface area contributed by atoms with Crippen LogP contribution >= 0.6 is 0 Å². The lowest BCUT2D eigenvalue weighted by atomic mass is 10.0. The van der Waals surface area contributed by atoms with Crippen molar-refractivity contribution in [3.8, 4) is 0 Å². The molecule has 0 saturated heterocycles. The molecule has 0 fully saturated rings. The van der Waals surface area contributed by atoms with Gasteiger partial charge in [0.15, 0.2) is 0 Å². The molecule has 0 saturated carbocycles. The van der Waals surface area contributed by atoms with Crippen LogP contribution in [0.25, 0.3) is 0 Å². The summed E-state index contributed by atoms with van der Waals surface area (Å²) >= 11 is 0. The van der Waals surface area contributed by atoms with E-state index in [2.05, 4.69) is 11.4 Å². The van der Waals surface area contributed by atoms with Gasteiger partial charge in [-0.1, -0.05) is 66.2 Å². The van der Waals surface area contributed by atoms with Crippen LogP contribution in [0.15, 0.2) is 101 Å². The van der Waals surface area contributed by atoms with Crippen LogP contribution in [0.5, 0.6) is 0 Å². The minimum atomic E-state index is -1.57. The lowest BCUT2D eigenvalue weighted by Crippen LogP contribution is -2.31. The van der Waals surface area contributed by atoms with Crippen LogP contribution in [0.3, 0.4) is 0 Å². The molecule has 36 heavy (non-hydrogen) atoms. The Hall–Kier alpha value is -4.03. The smallest absolute Gasteiger partial charge is 0.259 e. The molecule has 1 aliphatic rings. The average Bonchev–Trinajstić information content (AvgIpc) is 2.99. The number of fused-ring (bicyclic) bond motifs is 2. The molecule has 1 aliphatic heterocycles. The van der Waals surface area contributed by atoms with Gasteiger partial charge in [-0.3, -0.25) is 9.59 Å². The molecule has 4 aromatic carbocycles. The molecule has 1 heterocycles. The fraction of sp³-hybridized carbons (Fsp3) is 0.133. The zero-order valence-corrected chi connectivity index (χ0v) is 21.0. The number of anilines is 1. The van der Waals surface area contributed by atoms with Gasteiger partial charge in [-0.2, -0.15) is 0 Å². The van der Waals surface area contributed by atoms with Crippen LogP contribution in [0, 0.1) is 13.8 Å². The molecule has 180 valence electrons. The fourth-order valence-corrected chi connectivity index (χ4v) is 5.73. The van der Waals surface area contributed by atoms with Gasteiger partial charge in [-0.25, -0.2) is 4.21 Å². The summed E-state index contributed by atoms with van der Waals surface area (Å²) in [4.78, 5) is 29.5. The quantitative estimate of drug-likeness (QED) is 0.395. The highest BCUT2D eigenvalue weighted by molar-refractivity contribution is 7.85. The van der Waals surface area contributed by atoms with E-state index in [-0.39, 0.29) is 11.8 Å². The average molecular weight is 495 g/mol. The topological polar surface area (TPSA) is 66.5 Å². The summed E-state index contributed by atoms with van der Waals surface area (Å²) in [7, 11) is -1.57. The Bertz CT molecular complexity index is 1500. The highest BCUT2D eigenvalue weighted by Gasteiger charge is 2.31. The second kappa shape index (κ2) is 9.91. The molecule has 1 N–H and O–H groups in total. The van der Waals surface area contributed by atoms with Crippen molar-refractivity contribution in [2.75, 3.05) is 4.90 Å². The van der Waals surface area contributed by atoms with Crippen molar-refractivity contribution < 1.29 is 13.8 Å². The van der Waals surface area contributed by atoms with Gasteiger partial charge in [0, 0.05) is 12.1 Å². The Balaban J connectivity index is 1.57. The number of aryl methyl sites for hydroxylation is 2. The van der Waals surface area contributed by atoms with Crippen LogP contribution in [0.4, 0.5) is 5.69 Å². The molecule has 5 nitrogen and oxygen atoms in total. The van der Waals surface area contributed by atoms with Crippen molar-refractivity contribution in [2.24, 2.45) is 0 Å². The highest BCUT2D eigenvalue weighted by Crippen LogP contribution is 2.36. The monoisotopic (exact) mass is 494 g/mol. The first-order chi connectivity index (χ1) is 17.4. The Kier molecular flexibility index (Phi) is 6.53. The largest absolute Gasteiger partial charge is 0.348 e. The maximum Gasteiger partial charge on any atom is 0.259 e. The minimum Gasteiger partial charge on any atom is -0.348 e. The van der Waals surface area contributed by atoms with E-state index >= 15 is 0 Å². The number of carbonyl (C=O) groups is 2. The number of nitrogens with zero attached hydrogens (tertiary/aromatic N) is 1. The second-order valence-electron chi connectivity index (χ2n) is 8.94. The van der Waals surface area contributed by atoms with E-state index in [4.69, 9.17) is 0 Å². The van der Waals surface area contributed by atoms with Gasteiger partial charge < -0.3 is 10.2 Å². The van der Waals surface area contributed by atoms with Gasteiger partial charge in [-0.05, 0) is 60.9 Å². The summed E-state index contributed by atoms with van der Waals surface area (Å²) in [6, 6.07) is 27.9. The first-order valence-electron chi connectivity index (χ1n) is 11.8. The minimum absolute atomic E-state index is 0.236. The number of carbonyl (C=O) groups excluding carboxylic acids is 2. The van der Waals surface area contributed by atoms with Crippen LogP contribution in [-0.4, -0.2) is 16.0 Å². The van der Waals surface area contributed by atoms with Crippen LogP contribution in [0.2, 0.25) is 0 Å². The predicted molar refractivity (Wildman–Crippen MR) is 142 cm³/mol. The molecule has 5 rings (SSSR count). The first-order valence-corrected chi connectivity index (χ1v) is 12.9. The van der Waals surface area contributed by atoms with E-state index in [9.17, 15) is 13.8 Å². The van der Waals surface area contributed by atoms with E-state index < -0.39 is 10.8 Å². The zero-order valence-electron chi connectivity index (χ0n) is 20.2. The van der Waals surface area contributed by atoms with E-state index in [1.165, 1.54) is 0 Å². The van der Waals surface area contributed by atoms with E-state index in [0.717, 1.165) is 22.3 Å². The molecular weight excluding hydrogens is 468 g/mol. The second-order valence-corrected chi connectivity index (χ2v) is 10.4. The normalized spacial score (nSPS) is 14.6. The fourth-order valence-electron chi connectivity index (χ4n) is 4.38. The summed E-state index contributed by atoms with van der Waals surface area (Å²) in [5.41, 5.74) is 5.45. The van der Waals surface area contributed by atoms with Crippen molar-refractivity contribution in [3.63, 3.8) is 0 Å². The van der Waals surface area contributed by atoms with Gasteiger partial charge >= 0.3 is 0 Å². The lowest BCUT2D eigenvalue weighted by molar-refractivity contribution is 0.0947. The Morgan fingerprint density at radius 2 is 1.61 bits per heavy atom. The van der Waals surface area contributed by atoms with Crippen molar-refractivity contribution in [1.82, 2.24) is 5.32 Å². The lowest BCUT2D eigenvalue weighted by Gasteiger charge is -2.24. The van der Waals surface area contributed by atoms with E-state index in [0.29, 0.717) is 39.7 Å². The Morgan fingerprint density at radius 3 is 2.42 bits per heavy atom. The van der Waals surface area contributed by atoms with Gasteiger partial charge in [0.05, 0.1) is 38.4 Å². The standard InChI is InChI=1S/C30H26N2O3S/c1-20-12-13-21(2)24(16-20)19-32-26-17-23(29(33)31-18-22-8-4-3-5-9-22)14-15-28(26)36(35)27-11-7-6-10-25(27)30(32)34/h3-17H,18-19H2,1-2H3,(H,31,33)/t36-/m0/s1. The Labute approximate surface area is 213 Å². The molecule has 0 spiro atoms. The van der Waals surface area contributed by atoms with Crippen LogP contribution in [0.1, 0.15) is 43.0 Å². The van der Waals surface area contributed by atoms with Crippen molar-refractivity contribution in [1.29, 1.82) is 0 Å². The number of hydrogen-bond acceptors (Lipinski definition) is 3. The summed E-state index contributed by atoms with van der Waals surface area (Å²) in [5, 5.41) is 2.94. The van der Waals surface area contributed by atoms with E-state index in [1.807, 2.05) is 56.3 Å². The number of nitrogens with one attached hydrogen (secondary N) is 1. The molecule has 2 amide bonds. The van der Waals surface area contributed by atoms with Crippen molar-refractivity contribution in [3.05, 3.63) is 124 Å². The van der Waals surface area contributed by atoms with Crippen molar-refractivity contribution >= 4 is 28.3 Å². The summed E-state index contributed by atoms with van der Waals surface area (Å²) in [5.74, 6) is -0.492. The maximum absolute atomic E-state index is 13.8. The summed E-state index contributed by atoms with van der Waals surface area (Å²) in [6.45, 7) is 4.72. The number of rotatable bonds is 5. The molecule has 6 heteroatoms. The Morgan fingerprint density at radius 1 is 0.861 bits per heavy atom.